The van der Waals surface area contributed by atoms with E-state index < -0.39 is 23.8 Å². The second-order valence-electron chi connectivity index (χ2n) is 11.8. The summed E-state index contributed by atoms with van der Waals surface area (Å²) in [5, 5.41) is 0. The Morgan fingerprint density at radius 3 is 2.16 bits per heavy atom. The van der Waals surface area contributed by atoms with Gasteiger partial charge in [0, 0.05) is 57.6 Å². The molecule has 5 rings (SSSR count). The summed E-state index contributed by atoms with van der Waals surface area (Å²) < 4.78 is 49.9. The number of carbonyl (C=O) groups excluding carboxylic acids is 2. The number of hydrogen-bond donors (Lipinski definition) is 0. The van der Waals surface area contributed by atoms with Crippen LogP contribution in [-0.2, 0) is 40.0 Å². The Morgan fingerprint density at radius 1 is 0.898 bits per heavy atom. The number of aromatic nitrogens is 1. The van der Waals surface area contributed by atoms with Crippen molar-refractivity contribution >= 4 is 23.6 Å². The maximum Gasteiger partial charge on any atom is 0.433 e. The van der Waals surface area contributed by atoms with Gasteiger partial charge < -0.3 is 24.2 Å². The van der Waals surface area contributed by atoms with E-state index in [0.717, 1.165) is 47.7 Å². The zero-order chi connectivity index (χ0) is 34.8. The molecule has 1 aliphatic rings. The number of ether oxygens (including phenoxy) is 2. The number of rotatable bonds is 12. The molecule has 49 heavy (non-hydrogen) atoms. The molecule has 1 atom stereocenters. The van der Waals surface area contributed by atoms with Gasteiger partial charge in [0.25, 0.3) is 0 Å². The number of pyridine rings is 1. The molecule has 1 aliphatic heterocycles. The van der Waals surface area contributed by atoms with Gasteiger partial charge in [-0.3, -0.25) is 14.6 Å². The molecule has 1 aromatic heterocycles. The first-order valence-electron chi connectivity index (χ1n) is 16.0. The number of anilines is 1. The number of benzene rings is 3. The van der Waals surface area contributed by atoms with Gasteiger partial charge in [-0.15, -0.1) is 0 Å². The van der Waals surface area contributed by atoms with Gasteiger partial charge in [-0.25, -0.2) is 0 Å². The third-order valence-electron chi connectivity index (χ3n) is 8.33. The quantitative estimate of drug-likeness (QED) is 0.166. The van der Waals surface area contributed by atoms with Crippen molar-refractivity contribution < 1.29 is 32.2 Å². The molecular formula is C38H39F3N4O4. The van der Waals surface area contributed by atoms with E-state index in [1.165, 1.54) is 23.1 Å². The molecule has 8 nitrogen and oxygen atoms in total. The Hall–Kier alpha value is -5.16. The van der Waals surface area contributed by atoms with Crippen molar-refractivity contribution in [2.45, 2.75) is 31.7 Å². The van der Waals surface area contributed by atoms with Crippen molar-refractivity contribution in [1.82, 2.24) is 14.8 Å². The summed E-state index contributed by atoms with van der Waals surface area (Å²) in [4.78, 5) is 37.3. The fourth-order valence-electron chi connectivity index (χ4n) is 5.61. The average molecular weight is 673 g/mol. The summed E-state index contributed by atoms with van der Waals surface area (Å²) >= 11 is 0. The van der Waals surface area contributed by atoms with Crippen molar-refractivity contribution in [3.63, 3.8) is 0 Å². The minimum atomic E-state index is -4.57. The molecule has 2 heterocycles. The lowest BCUT2D eigenvalue weighted by Crippen LogP contribution is -2.50. The summed E-state index contributed by atoms with van der Waals surface area (Å²) in [5.41, 5.74) is 2.91. The summed E-state index contributed by atoms with van der Waals surface area (Å²) in [6.45, 7) is 3.29. The second kappa shape index (κ2) is 16.3. The molecule has 0 N–H and O–H groups in total. The first-order valence-corrected chi connectivity index (χ1v) is 16.0. The first kappa shape index (κ1) is 35.2. The highest BCUT2D eigenvalue weighted by Crippen LogP contribution is 2.27. The molecule has 0 saturated carbocycles. The topological polar surface area (TPSA) is 75.2 Å². The van der Waals surface area contributed by atoms with Crippen LogP contribution in [0.2, 0.25) is 0 Å². The fourth-order valence-corrected chi connectivity index (χ4v) is 5.61. The molecule has 4 aromatic rings. The Kier molecular flexibility index (Phi) is 11.7. The van der Waals surface area contributed by atoms with E-state index in [2.05, 4.69) is 9.88 Å². The Labute approximate surface area is 284 Å². The van der Waals surface area contributed by atoms with Crippen LogP contribution in [0.25, 0.3) is 6.08 Å². The highest BCUT2D eigenvalue weighted by Gasteiger charge is 2.33. The van der Waals surface area contributed by atoms with Gasteiger partial charge in [-0.2, -0.15) is 13.2 Å². The molecule has 3 aromatic carbocycles. The number of morpholine rings is 1. The molecule has 2 amide bonds. The largest absolute Gasteiger partial charge is 0.497 e. The first-order chi connectivity index (χ1) is 23.6. The third kappa shape index (κ3) is 9.70. The van der Waals surface area contributed by atoms with E-state index in [0.29, 0.717) is 31.1 Å². The minimum Gasteiger partial charge on any atom is -0.497 e. The van der Waals surface area contributed by atoms with Gasteiger partial charge >= 0.3 is 6.18 Å². The molecule has 1 fully saturated rings. The van der Waals surface area contributed by atoms with E-state index >= 15 is 0 Å². The molecular weight excluding hydrogens is 633 g/mol. The Bertz CT molecular complexity index is 1690. The van der Waals surface area contributed by atoms with E-state index in [9.17, 15) is 22.8 Å². The lowest BCUT2D eigenvalue weighted by atomic mass is 10.0. The van der Waals surface area contributed by atoms with Gasteiger partial charge in [-0.05, 0) is 58.7 Å². The Morgan fingerprint density at radius 2 is 1.55 bits per heavy atom. The molecule has 1 saturated heterocycles. The lowest BCUT2D eigenvalue weighted by Gasteiger charge is -2.34. The SMILES string of the molecule is COc1ccc(CN(C)C(=O)C(Cc2ccccc2)N(Cc2ccc(N3CCOCC3)cc2)C(=O)C=Cc2ccc(C(F)(F)F)nc2)cc1. The van der Waals surface area contributed by atoms with Crippen LogP contribution >= 0.6 is 0 Å². The summed E-state index contributed by atoms with van der Waals surface area (Å²) in [5.74, 6) is -0.0297. The number of hydrogen-bond acceptors (Lipinski definition) is 6. The highest BCUT2D eigenvalue weighted by molar-refractivity contribution is 5.95. The smallest absolute Gasteiger partial charge is 0.433 e. The molecule has 11 heteroatoms. The molecule has 0 spiro atoms. The van der Waals surface area contributed by atoms with Crippen molar-refractivity contribution in [2.75, 3.05) is 45.4 Å². The maximum absolute atomic E-state index is 14.3. The number of carbonyl (C=O) groups is 2. The van der Waals surface area contributed by atoms with Gasteiger partial charge in [0.05, 0.1) is 20.3 Å². The summed E-state index contributed by atoms with van der Waals surface area (Å²) in [6, 6.07) is 26.0. The van der Waals surface area contributed by atoms with Crippen LogP contribution in [0.15, 0.2) is 103 Å². The standard InChI is InChI=1S/C38H39F3N4O4/c1-43(26-30-10-16-33(48-2)17-11-30)37(47)34(24-28-6-4-3-5-7-28)45(27-31-8-14-32(15-9-31)44-20-22-49-23-21-44)36(46)19-13-29-12-18-35(42-25-29)38(39,40)41/h3-19,25,34H,20-24,26-27H2,1-2H3. The highest BCUT2D eigenvalue weighted by atomic mass is 19.4. The van der Waals surface area contributed by atoms with Gasteiger partial charge in [-0.1, -0.05) is 60.7 Å². The fraction of sp³-hybridized carbons (Fsp3) is 0.289. The van der Waals surface area contributed by atoms with Crippen LogP contribution in [0, 0.1) is 0 Å². The van der Waals surface area contributed by atoms with Crippen molar-refractivity contribution in [2.24, 2.45) is 0 Å². The summed E-state index contributed by atoms with van der Waals surface area (Å²) in [7, 11) is 3.29. The van der Waals surface area contributed by atoms with Crippen LogP contribution in [-0.4, -0.2) is 73.1 Å². The van der Waals surface area contributed by atoms with Gasteiger partial charge in [0.15, 0.2) is 0 Å². The number of nitrogens with zero attached hydrogens (tertiary/aromatic N) is 4. The van der Waals surface area contributed by atoms with Crippen molar-refractivity contribution in [3.8, 4) is 5.75 Å². The molecule has 256 valence electrons. The zero-order valence-corrected chi connectivity index (χ0v) is 27.5. The number of likely N-dealkylation sites (N-methyl/N-ethyl adjacent to an activating group) is 1. The number of methoxy groups -OCH3 is 1. The van der Waals surface area contributed by atoms with E-state index in [4.69, 9.17) is 9.47 Å². The monoisotopic (exact) mass is 672 g/mol. The number of amides is 2. The molecule has 0 radical (unpaired) electrons. The predicted octanol–water partition coefficient (Wildman–Crippen LogP) is 6.26. The average Bonchev–Trinajstić information content (AvgIpc) is 3.13. The zero-order valence-electron chi connectivity index (χ0n) is 27.5. The second-order valence-corrected chi connectivity index (χ2v) is 11.8. The minimum absolute atomic E-state index is 0.122. The van der Waals surface area contributed by atoms with Crippen molar-refractivity contribution in [3.05, 3.63) is 131 Å². The normalized spacial score (nSPS) is 14.0. The van der Waals surface area contributed by atoms with Crippen LogP contribution < -0.4 is 9.64 Å². The van der Waals surface area contributed by atoms with Crippen LogP contribution in [0.4, 0.5) is 18.9 Å². The van der Waals surface area contributed by atoms with Crippen LogP contribution in [0.1, 0.15) is 27.9 Å². The number of alkyl halides is 3. The van der Waals surface area contributed by atoms with E-state index in [-0.39, 0.29) is 18.9 Å². The van der Waals surface area contributed by atoms with Crippen molar-refractivity contribution in [1.29, 1.82) is 0 Å². The molecule has 0 aliphatic carbocycles. The predicted molar refractivity (Wildman–Crippen MR) is 182 cm³/mol. The van der Waals surface area contributed by atoms with E-state index in [1.807, 2.05) is 78.9 Å². The lowest BCUT2D eigenvalue weighted by molar-refractivity contribution is -0.143. The van der Waals surface area contributed by atoms with E-state index in [1.54, 1.807) is 19.1 Å². The third-order valence-corrected chi connectivity index (χ3v) is 8.33. The van der Waals surface area contributed by atoms with Gasteiger partial charge in [0.1, 0.15) is 17.5 Å². The van der Waals surface area contributed by atoms with Crippen LogP contribution in [0.3, 0.4) is 0 Å². The number of halogens is 3. The Balaban J connectivity index is 1.46. The van der Waals surface area contributed by atoms with Gasteiger partial charge in [0.2, 0.25) is 11.8 Å². The van der Waals surface area contributed by atoms with Crippen LogP contribution in [0.5, 0.6) is 5.75 Å². The summed E-state index contributed by atoms with van der Waals surface area (Å²) in [6.07, 6.45) is -0.568. The molecule has 1 unspecified atom stereocenters. The maximum atomic E-state index is 14.3. The molecule has 0 bridgehead atoms.